The molecule has 1 aliphatic heterocycles. The lowest BCUT2D eigenvalue weighted by molar-refractivity contribution is 0.0920. The van der Waals surface area contributed by atoms with Crippen LogP contribution in [0.3, 0.4) is 0 Å². The fourth-order valence-electron chi connectivity index (χ4n) is 3.85. The number of likely N-dealkylation sites (tertiary alicyclic amines) is 1. The number of amides is 1. The zero-order valence-electron chi connectivity index (χ0n) is 17.3. The molecule has 1 N–H and O–H groups in total. The highest BCUT2D eigenvalue weighted by molar-refractivity contribution is 5.94. The number of hydrogen-bond acceptors (Lipinski definition) is 3. The van der Waals surface area contributed by atoms with Crippen molar-refractivity contribution in [1.29, 1.82) is 0 Å². The molecule has 2 unspecified atom stereocenters. The Balaban J connectivity index is 1.85. The van der Waals surface area contributed by atoms with Crippen molar-refractivity contribution in [1.82, 2.24) is 15.1 Å². The van der Waals surface area contributed by atoms with Gasteiger partial charge in [-0.3, -0.25) is 9.69 Å². The van der Waals surface area contributed by atoms with E-state index in [0.717, 1.165) is 44.2 Å². The Morgan fingerprint density at radius 3 is 2.54 bits per heavy atom. The molecule has 0 aromatic heterocycles. The second-order valence-electron chi connectivity index (χ2n) is 8.24. The standard InChI is InChI=1S/C22H37N3O/c1-6-25(17(2)3)16-20-9-11-21(12-10-20)22(26)23-19(5)15-24-13-7-8-18(4)14-24/h9-12,17-19H,6-8,13-16H2,1-5H3,(H,23,26). The third-order valence-corrected chi connectivity index (χ3v) is 5.39. The number of carbonyl (C=O) groups is 1. The maximum Gasteiger partial charge on any atom is 0.251 e. The van der Waals surface area contributed by atoms with E-state index in [1.807, 2.05) is 12.1 Å². The number of rotatable bonds is 8. The SMILES string of the molecule is CCN(Cc1ccc(C(=O)NC(C)CN2CCCC(C)C2)cc1)C(C)C. The van der Waals surface area contributed by atoms with E-state index in [0.29, 0.717) is 6.04 Å². The number of benzene rings is 1. The van der Waals surface area contributed by atoms with Crippen LogP contribution in [0.2, 0.25) is 0 Å². The number of nitrogens with one attached hydrogen (secondary N) is 1. The lowest BCUT2D eigenvalue weighted by atomic mass is 10.00. The summed E-state index contributed by atoms with van der Waals surface area (Å²) >= 11 is 0. The van der Waals surface area contributed by atoms with E-state index in [2.05, 4.69) is 61.9 Å². The molecule has 2 atom stereocenters. The summed E-state index contributed by atoms with van der Waals surface area (Å²) < 4.78 is 0. The van der Waals surface area contributed by atoms with Crippen LogP contribution < -0.4 is 5.32 Å². The lowest BCUT2D eigenvalue weighted by Crippen LogP contribution is -2.45. The number of piperidine rings is 1. The van der Waals surface area contributed by atoms with Gasteiger partial charge in [0.05, 0.1) is 0 Å². The summed E-state index contributed by atoms with van der Waals surface area (Å²) in [5, 5.41) is 3.16. The van der Waals surface area contributed by atoms with Crippen LogP contribution in [0.4, 0.5) is 0 Å². The van der Waals surface area contributed by atoms with Gasteiger partial charge in [0.25, 0.3) is 5.91 Å². The molecule has 26 heavy (non-hydrogen) atoms. The summed E-state index contributed by atoms with van der Waals surface area (Å²) in [5.74, 6) is 0.804. The van der Waals surface area contributed by atoms with Crippen molar-refractivity contribution in [3.63, 3.8) is 0 Å². The molecule has 1 saturated heterocycles. The van der Waals surface area contributed by atoms with E-state index < -0.39 is 0 Å². The van der Waals surface area contributed by atoms with Gasteiger partial charge in [0.1, 0.15) is 0 Å². The Bertz CT molecular complexity index is 555. The second kappa shape index (κ2) is 10.1. The minimum absolute atomic E-state index is 0.0327. The highest BCUT2D eigenvalue weighted by Gasteiger charge is 2.19. The molecule has 1 aromatic rings. The van der Waals surface area contributed by atoms with Crippen molar-refractivity contribution >= 4 is 5.91 Å². The first-order valence-electron chi connectivity index (χ1n) is 10.2. The second-order valence-corrected chi connectivity index (χ2v) is 8.24. The van der Waals surface area contributed by atoms with Crippen molar-refractivity contribution in [3.05, 3.63) is 35.4 Å². The molecule has 146 valence electrons. The summed E-state index contributed by atoms with van der Waals surface area (Å²) in [6.07, 6.45) is 2.60. The van der Waals surface area contributed by atoms with Crippen molar-refractivity contribution in [2.24, 2.45) is 5.92 Å². The Labute approximate surface area is 159 Å². The normalized spacial score (nSPS) is 19.7. The average Bonchev–Trinajstić information content (AvgIpc) is 2.59. The Morgan fingerprint density at radius 1 is 1.27 bits per heavy atom. The minimum Gasteiger partial charge on any atom is -0.348 e. The third kappa shape index (κ3) is 6.40. The van der Waals surface area contributed by atoms with Crippen molar-refractivity contribution in [3.8, 4) is 0 Å². The summed E-state index contributed by atoms with van der Waals surface area (Å²) in [4.78, 5) is 17.4. The van der Waals surface area contributed by atoms with Crippen LogP contribution in [0.15, 0.2) is 24.3 Å². The van der Waals surface area contributed by atoms with Gasteiger partial charge in [-0.25, -0.2) is 0 Å². The molecule has 1 amide bonds. The van der Waals surface area contributed by atoms with Crippen LogP contribution >= 0.6 is 0 Å². The van der Waals surface area contributed by atoms with Crippen LogP contribution in [0, 0.1) is 5.92 Å². The number of nitrogens with zero attached hydrogens (tertiary/aromatic N) is 2. The van der Waals surface area contributed by atoms with Gasteiger partial charge in [0, 0.05) is 37.3 Å². The Morgan fingerprint density at radius 2 is 1.96 bits per heavy atom. The third-order valence-electron chi connectivity index (χ3n) is 5.39. The summed E-state index contributed by atoms with van der Waals surface area (Å²) in [6.45, 7) is 16.3. The van der Waals surface area contributed by atoms with Crippen molar-refractivity contribution in [2.45, 2.75) is 66.1 Å². The van der Waals surface area contributed by atoms with Gasteiger partial charge in [0.2, 0.25) is 0 Å². The quantitative estimate of drug-likeness (QED) is 0.767. The average molecular weight is 360 g/mol. The monoisotopic (exact) mass is 359 g/mol. The highest BCUT2D eigenvalue weighted by Crippen LogP contribution is 2.15. The lowest BCUT2D eigenvalue weighted by Gasteiger charge is -2.32. The predicted octanol–water partition coefficient (Wildman–Crippen LogP) is 3.77. The number of hydrogen-bond donors (Lipinski definition) is 1. The van der Waals surface area contributed by atoms with Gasteiger partial charge in [-0.2, -0.15) is 0 Å². The minimum atomic E-state index is 0.0327. The first kappa shape index (κ1) is 20.9. The fourth-order valence-corrected chi connectivity index (χ4v) is 3.85. The Kier molecular flexibility index (Phi) is 8.11. The molecular formula is C22H37N3O. The van der Waals surface area contributed by atoms with Crippen molar-refractivity contribution in [2.75, 3.05) is 26.2 Å². The fraction of sp³-hybridized carbons (Fsp3) is 0.682. The predicted molar refractivity (Wildman–Crippen MR) is 109 cm³/mol. The van der Waals surface area contributed by atoms with Crippen LogP contribution in [-0.2, 0) is 6.54 Å². The van der Waals surface area contributed by atoms with Gasteiger partial charge in [0.15, 0.2) is 0 Å². The van der Waals surface area contributed by atoms with Crippen LogP contribution in [0.1, 0.15) is 63.4 Å². The zero-order chi connectivity index (χ0) is 19.1. The smallest absolute Gasteiger partial charge is 0.251 e. The van der Waals surface area contributed by atoms with Gasteiger partial charge >= 0.3 is 0 Å². The van der Waals surface area contributed by atoms with Gasteiger partial charge in [-0.05, 0) is 70.3 Å². The summed E-state index contributed by atoms with van der Waals surface area (Å²) in [6, 6.07) is 8.77. The molecule has 1 aromatic carbocycles. The molecule has 1 aliphatic rings. The highest BCUT2D eigenvalue weighted by atomic mass is 16.1. The van der Waals surface area contributed by atoms with E-state index in [1.54, 1.807) is 0 Å². The Hall–Kier alpha value is -1.39. The van der Waals surface area contributed by atoms with E-state index in [9.17, 15) is 4.79 Å². The topological polar surface area (TPSA) is 35.6 Å². The van der Waals surface area contributed by atoms with Gasteiger partial charge in [-0.15, -0.1) is 0 Å². The zero-order valence-corrected chi connectivity index (χ0v) is 17.3. The van der Waals surface area contributed by atoms with E-state index in [4.69, 9.17) is 0 Å². The molecule has 0 saturated carbocycles. The van der Waals surface area contributed by atoms with E-state index in [-0.39, 0.29) is 11.9 Å². The molecular weight excluding hydrogens is 322 g/mol. The van der Waals surface area contributed by atoms with Crippen molar-refractivity contribution < 1.29 is 4.79 Å². The largest absolute Gasteiger partial charge is 0.348 e. The van der Waals surface area contributed by atoms with Gasteiger partial charge in [-0.1, -0.05) is 26.0 Å². The maximum absolute atomic E-state index is 12.5. The van der Waals surface area contributed by atoms with Crippen LogP contribution in [0.25, 0.3) is 0 Å². The molecule has 1 fully saturated rings. The van der Waals surface area contributed by atoms with Crippen LogP contribution in [0.5, 0.6) is 0 Å². The number of carbonyl (C=O) groups excluding carboxylic acids is 1. The van der Waals surface area contributed by atoms with Gasteiger partial charge < -0.3 is 10.2 Å². The molecule has 4 heteroatoms. The van der Waals surface area contributed by atoms with Crippen LogP contribution in [-0.4, -0.2) is 54.0 Å². The molecule has 1 heterocycles. The molecule has 0 spiro atoms. The molecule has 2 rings (SSSR count). The maximum atomic E-state index is 12.5. The van der Waals surface area contributed by atoms with E-state index in [1.165, 1.54) is 18.4 Å². The summed E-state index contributed by atoms with van der Waals surface area (Å²) in [7, 11) is 0. The molecule has 0 bridgehead atoms. The summed E-state index contributed by atoms with van der Waals surface area (Å²) in [5.41, 5.74) is 2.01. The first-order chi connectivity index (χ1) is 12.4. The first-order valence-corrected chi connectivity index (χ1v) is 10.2. The molecule has 4 nitrogen and oxygen atoms in total. The molecule has 0 radical (unpaired) electrons. The van der Waals surface area contributed by atoms with E-state index >= 15 is 0 Å². The molecule has 0 aliphatic carbocycles.